The number of hydrogen-bond acceptors (Lipinski definition) is 5. The lowest BCUT2D eigenvalue weighted by molar-refractivity contribution is -0.0943. The van der Waals surface area contributed by atoms with Crippen LogP contribution in [0.2, 0.25) is 0 Å². The van der Waals surface area contributed by atoms with Crippen LogP contribution >= 0.6 is 0 Å². The van der Waals surface area contributed by atoms with E-state index in [0.717, 1.165) is 64.6 Å². The van der Waals surface area contributed by atoms with E-state index < -0.39 is 24.3 Å². The monoisotopic (exact) mass is 550 g/mol. The summed E-state index contributed by atoms with van der Waals surface area (Å²) < 4.78 is 32.0. The maximum atomic E-state index is 16.4. The second kappa shape index (κ2) is 11.7. The van der Waals surface area contributed by atoms with Gasteiger partial charge in [0.15, 0.2) is 0 Å². The molecule has 39 heavy (non-hydrogen) atoms. The number of carbonyl (C=O) groups is 1. The zero-order valence-electron chi connectivity index (χ0n) is 24.3. The van der Waals surface area contributed by atoms with E-state index in [1.54, 1.807) is 0 Å². The molecule has 2 bridgehead atoms. The van der Waals surface area contributed by atoms with Crippen molar-refractivity contribution >= 4 is 6.03 Å². The van der Waals surface area contributed by atoms with Crippen molar-refractivity contribution in [3.63, 3.8) is 0 Å². The molecule has 9 heteroatoms. The van der Waals surface area contributed by atoms with Crippen molar-refractivity contribution in [3.05, 3.63) is 0 Å². The maximum Gasteiger partial charge on any atom is 0.320 e. The maximum absolute atomic E-state index is 16.4. The van der Waals surface area contributed by atoms with Gasteiger partial charge in [-0.25, -0.2) is 13.6 Å². The predicted molar refractivity (Wildman–Crippen MR) is 150 cm³/mol. The van der Waals surface area contributed by atoms with Crippen molar-refractivity contribution in [2.45, 2.75) is 140 Å². The Kier molecular flexibility index (Phi) is 8.42. The van der Waals surface area contributed by atoms with Crippen LogP contribution in [0.5, 0.6) is 0 Å². The normalized spacial score (nSPS) is 47.8. The second-order valence-electron chi connectivity index (χ2n) is 13.9. The number of piperidine rings is 3. The lowest BCUT2D eigenvalue weighted by Crippen LogP contribution is -2.79. The molecule has 222 valence electrons. The molecule has 6 rings (SSSR count). The van der Waals surface area contributed by atoms with Gasteiger partial charge >= 0.3 is 6.03 Å². The third-order valence-corrected chi connectivity index (χ3v) is 11.3. The van der Waals surface area contributed by atoms with E-state index in [0.29, 0.717) is 30.7 Å². The Morgan fingerprint density at radius 3 is 2.54 bits per heavy atom. The molecular weight excluding hydrogens is 498 g/mol. The van der Waals surface area contributed by atoms with Crippen LogP contribution in [0.25, 0.3) is 0 Å². The number of urea groups is 1. The highest BCUT2D eigenvalue weighted by Crippen LogP contribution is 2.43. The summed E-state index contributed by atoms with van der Waals surface area (Å²) in [5, 5.41) is 14.6. The zero-order valence-corrected chi connectivity index (χ0v) is 24.3. The van der Waals surface area contributed by atoms with E-state index >= 15 is 8.78 Å². The number of likely N-dealkylation sites (tertiary alicyclic amines) is 1. The predicted octanol–water partition coefficient (Wildman–Crippen LogP) is 3.75. The largest absolute Gasteiger partial charge is 0.322 e. The summed E-state index contributed by atoms with van der Waals surface area (Å²) in [5.74, 6) is 0.257. The Hall–Kier alpha value is -1.03. The number of nitrogens with zero attached hydrogens (tertiary/aromatic N) is 2. The minimum absolute atomic E-state index is 0.0171. The van der Waals surface area contributed by atoms with Gasteiger partial charge in [0.05, 0.1) is 18.4 Å². The standard InChI is InChI=1S/C30H52F2N6O/c1-17(2)25-27-19(12-14-34-25)9-7-13-33-23-11-6-10-21(31)24(23)26-22(32)16-20-28(37-15-5-4-8-18(37)3)36-30(39)38(27)29(20)35-26/h17-29,33-35H,4-16H2,1-3H3,(H,36,39)/t18-,19?,20?,21?,22?,23?,24?,25?,26?,27?,28?,29?/m0/s1. The molecule has 6 aliphatic rings. The third-order valence-electron chi connectivity index (χ3n) is 11.3. The molecule has 0 radical (unpaired) electrons. The van der Waals surface area contributed by atoms with Gasteiger partial charge in [-0.05, 0) is 89.6 Å². The summed E-state index contributed by atoms with van der Waals surface area (Å²) in [4.78, 5) is 18.8. The highest BCUT2D eigenvalue weighted by atomic mass is 19.1. The minimum atomic E-state index is -1.14. The molecule has 0 aromatic heterocycles. The SMILES string of the molecule is CC(C)C1NCCC2CCCNC3CCCC(F)C3C3NC4C(CC3F)C(N3CCCC[C@@H]3C)NC(=O)N4C21. The minimum Gasteiger partial charge on any atom is -0.322 e. The van der Waals surface area contributed by atoms with Gasteiger partial charge in [-0.15, -0.1) is 0 Å². The summed E-state index contributed by atoms with van der Waals surface area (Å²) >= 11 is 0. The summed E-state index contributed by atoms with van der Waals surface area (Å²) in [6.45, 7) is 9.44. The Balaban J connectivity index is 1.41. The lowest BCUT2D eigenvalue weighted by atomic mass is 9.71. The van der Waals surface area contributed by atoms with Gasteiger partial charge in [0.1, 0.15) is 12.3 Å². The van der Waals surface area contributed by atoms with Crippen LogP contribution in [0.15, 0.2) is 0 Å². The number of alkyl halides is 2. The highest BCUT2D eigenvalue weighted by molar-refractivity contribution is 5.76. The molecule has 12 atom stereocenters. The molecule has 1 saturated carbocycles. The third kappa shape index (κ3) is 5.23. The van der Waals surface area contributed by atoms with Gasteiger partial charge in [-0.1, -0.05) is 20.3 Å². The van der Waals surface area contributed by atoms with Crippen LogP contribution in [-0.4, -0.2) is 90.3 Å². The fraction of sp³-hybridized carbons (Fsp3) is 0.967. The average Bonchev–Trinajstić information content (AvgIpc) is 2.91. The lowest BCUT2D eigenvalue weighted by Gasteiger charge is -2.60. The molecule has 0 aromatic carbocycles. The molecular formula is C30H52F2N6O. The first kappa shape index (κ1) is 28.1. The molecule has 5 saturated heterocycles. The highest BCUT2D eigenvalue weighted by Gasteiger charge is 2.57. The van der Waals surface area contributed by atoms with Gasteiger partial charge in [-0.3, -0.25) is 10.2 Å². The molecule has 11 unspecified atom stereocenters. The smallest absolute Gasteiger partial charge is 0.320 e. The van der Waals surface area contributed by atoms with E-state index in [1.165, 1.54) is 6.42 Å². The number of amides is 2. The molecule has 0 spiro atoms. The van der Waals surface area contributed by atoms with Gasteiger partial charge in [0, 0.05) is 42.5 Å². The van der Waals surface area contributed by atoms with Crippen LogP contribution in [0.1, 0.15) is 85.0 Å². The first-order chi connectivity index (χ1) is 18.8. The fourth-order valence-corrected chi connectivity index (χ4v) is 9.42. The number of fused-ring (bicyclic) bond motifs is 5. The molecule has 0 aromatic rings. The first-order valence-electron chi connectivity index (χ1n) is 16.2. The van der Waals surface area contributed by atoms with Crippen molar-refractivity contribution in [2.24, 2.45) is 23.7 Å². The van der Waals surface area contributed by atoms with Crippen molar-refractivity contribution in [1.82, 2.24) is 31.1 Å². The van der Waals surface area contributed by atoms with Crippen LogP contribution in [0, 0.1) is 23.7 Å². The zero-order chi connectivity index (χ0) is 27.3. The molecule has 1 aliphatic carbocycles. The van der Waals surface area contributed by atoms with Crippen molar-refractivity contribution in [1.29, 1.82) is 0 Å². The number of rotatable bonds is 2. The van der Waals surface area contributed by atoms with Gasteiger partial charge in [0.2, 0.25) is 0 Å². The molecule has 2 amide bonds. The quantitative estimate of drug-likeness (QED) is 0.422. The first-order valence-corrected chi connectivity index (χ1v) is 16.2. The summed E-state index contributed by atoms with van der Waals surface area (Å²) in [6.07, 6.45) is 6.45. The van der Waals surface area contributed by atoms with E-state index in [-0.39, 0.29) is 42.4 Å². The van der Waals surface area contributed by atoms with Crippen LogP contribution in [-0.2, 0) is 0 Å². The van der Waals surface area contributed by atoms with Crippen molar-refractivity contribution in [3.8, 4) is 0 Å². The van der Waals surface area contributed by atoms with E-state index in [2.05, 4.69) is 51.8 Å². The van der Waals surface area contributed by atoms with Crippen molar-refractivity contribution in [2.75, 3.05) is 19.6 Å². The van der Waals surface area contributed by atoms with E-state index in [1.807, 2.05) is 0 Å². The number of nitrogens with one attached hydrogen (secondary N) is 4. The molecule has 5 aliphatic heterocycles. The average molecular weight is 551 g/mol. The van der Waals surface area contributed by atoms with Gasteiger partial charge < -0.3 is 20.9 Å². The fourth-order valence-electron chi connectivity index (χ4n) is 9.42. The Bertz CT molecular complexity index is 863. The van der Waals surface area contributed by atoms with E-state index in [9.17, 15) is 4.79 Å². The molecule has 4 N–H and O–H groups in total. The summed E-state index contributed by atoms with van der Waals surface area (Å²) in [5.41, 5.74) is 0. The number of hydrogen-bond donors (Lipinski definition) is 4. The van der Waals surface area contributed by atoms with Gasteiger partial charge in [0.25, 0.3) is 0 Å². The summed E-state index contributed by atoms with van der Waals surface area (Å²) in [6, 6.07) is -0.0732. The summed E-state index contributed by atoms with van der Waals surface area (Å²) in [7, 11) is 0. The second-order valence-corrected chi connectivity index (χ2v) is 13.9. The van der Waals surface area contributed by atoms with Crippen LogP contribution in [0.4, 0.5) is 13.6 Å². The molecule has 7 nitrogen and oxygen atoms in total. The number of carbonyl (C=O) groups excluding carboxylic acids is 1. The topological polar surface area (TPSA) is 71.7 Å². The van der Waals surface area contributed by atoms with Gasteiger partial charge in [-0.2, -0.15) is 0 Å². The van der Waals surface area contributed by atoms with E-state index in [4.69, 9.17) is 0 Å². The molecule has 6 fully saturated rings. The van der Waals surface area contributed by atoms with Crippen molar-refractivity contribution < 1.29 is 13.6 Å². The molecule has 5 heterocycles. The van der Waals surface area contributed by atoms with Crippen LogP contribution in [0.3, 0.4) is 0 Å². The van der Waals surface area contributed by atoms with Crippen LogP contribution < -0.4 is 21.3 Å². The Morgan fingerprint density at radius 1 is 0.897 bits per heavy atom. The Labute approximate surface area is 233 Å². The number of halogens is 2. The Morgan fingerprint density at radius 2 is 1.74 bits per heavy atom.